The van der Waals surface area contributed by atoms with Gasteiger partial charge in [-0.25, -0.2) is 4.98 Å². The summed E-state index contributed by atoms with van der Waals surface area (Å²) in [6.07, 6.45) is 1.90. The van der Waals surface area contributed by atoms with Gasteiger partial charge in [0.25, 0.3) is 0 Å². The summed E-state index contributed by atoms with van der Waals surface area (Å²) < 4.78 is 0. The lowest BCUT2D eigenvalue weighted by molar-refractivity contribution is 0.810. The fourth-order valence-electron chi connectivity index (χ4n) is 0.634. The second kappa shape index (κ2) is 2.94. The van der Waals surface area contributed by atoms with Crippen LogP contribution in [0.2, 0.25) is 0 Å². The van der Waals surface area contributed by atoms with Crippen LogP contribution in [0.4, 0.5) is 0 Å². The van der Waals surface area contributed by atoms with Crippen molar-refractivity contribution in [1.82, 2.24) is 10.3 Å². The van der Waals surface area contributed by atoms with Crippen molar-refractivity contribution in [2.45, 2.75) is 13.5 Å². The topological polar surface area (TPSA) is 24.9 Å². The molecule has 0 aliphatic carbocycles. The number of nitrogens with one attached hydrogen (secondary N) is 1. The van der Waals surface area contributed by atoms with E-state index < -0.39 is 0 Å². The van der Waals surface area contributed by atoms with Crippen LogP contribution in [0.5, 0.6) is 0 Å². The molecule has 0 radical (unpaired) electrons. The maximum absolute atomic E-state index is 4.16. The molecule has 0 aromatic carbocycles. The van der Waals surface area contributed by atoms with Gasteiger partial charge in [0, 0.05) is 17.6 Å². The van der Waals surface area contributed by atoms with E-state index in [-0.39, 0.29) is 0 Å². The first-order valence-corrected chi connectivity index (χ1v) is 3.70. The lowest BCUT2D eigenvalue weighted by atomic mass is 10.6. The van der Waals surface area contributed by atoms with Crippen LogP contribution in [0, 0.1) is 6.92 Å². The van der Waals surface area contributed by atoms with Gasteiger partial charge >= 0.3 is 0 Å². The first kappa shape index (κ1) is 6.71. The van der Waals surface area contributed by atoms with Gasteiger partial charge in [-0.05, 0) is 14.0 Å². The summed E-state index contributed by atoms with van der Waals surface area (Å²) in [5.41, 5.74) is 0. The molecule has 0 aliphatic rings. The normalized spacial score (nSPS) is 10.0. The first-order chi connectivity index (χ1) is 4.33. The van der Waals surface area contributed by atoms with E-state index in [9.17, 15) is 0 Å². The summed E-state index contributed by atoms with van der Waals surface area (Å²) in [5, 5.41) is 4.21. The molecule has 0 bridgehead atoms. The number of aryl methyl sites for hydroxylation is 1. The van der Waals surface area contributed by atoms with Crippen LogP contribution in [0.25, 0.3) is 0 Å². The van der Waals surface area contributed by atoms with Crippen molar-refractivity contribution in [3.8, 4) is 0 Å². The Balaban J connectivity index is 2.61. The van der Waals surface area contributed by atoms with Gasteiger partial charge in [-0.2, -0.15) is 0 Å². The lowest BCUT2D eigenvalue weighted by Crippen LogP contribution is -2.03. The Morgan fingerprint density at radius 3 is 3.00 bits per heavy atom. The standard InChI is InChI=1S/C6H10N2S/c1-5-3-8-6(9-5)4-7-2/h3,7H,4H2,1-2H3. The Morgan fingerprint density at radius 2 is 2.56 bits per heavy atom. The highest BCUT2D eigenvalue weighted by Gasteiger charge is 1.93. The predicted molar refractivity (Wildman–Crippen MR) is 39.6 cm³/mol. The minimum Gasteiger partial charge on any atom is -0.314 e. The summed E-state index contributed by atoms with van der Waals surface area (Å²) in [4.78, 5) is 5.44. The number of nitrogens with zero attached hydrogens (tertiary/aromatic N) is 1. The first-order valence-electron chi connectivity index (χ1n) is 2.89. The molecule has 1 heterocycles. The van der Waals surface area contributed by atoms with Crippen molar-refractivity contribution in [2.24, 2.45) is 0 Å². The molecule has 1 rings (SSSR count). The van der Waals surface area contributed by atoms with Crippen molar-refractivity contribution < 1.29 is 0 Å². The molecule has 0 spiro atoms. The highest BCUT2D eigenvalue weighted by atomic mass is 32.1. The maximum atomic E-state index is 4.16. The molecule has 9 heavy (non-hydrogen) atoms. The Kier molecular flexibility index (Phi) is 2.19. The fraction of sp³-hybridized carbons (Fsp3) is 0.500. The van der Waals surface area contributed by atoms with Crippen LogP contribution in [-0.4, -0.2) is 12.0 Å². The Morgan fingerprint density at radius 1 is 1.78 bits per heavy atom. The molecule has 0 saturated carbocycles. The Hall–Kier alpha value is -0.410. The monoisotopic (exact) mass is 142 g/mol. The molecule has 0 saturated heterocycles. The largest absolute Gasteiger partial charge is 0.314 e. The van der Waals surface area contributed by atoms with E-state index >= 15 is 0 Å². The van der Waals surface area contributed by atoms with E-state index in [1.165, 1.54) is 4.88 Å². The van der Waals surface area contributed by atoms with E-state index in [1.54, 1.807) is 11.3 Å². The minimum absolute atomic E-state index is 0.887. The van der Waals surface area contributed by atoms with Crippen molar-refractivity contribution in [2.75, 3.05) is 7.05 Å². The highest BCUT2D eigenvalue weighted by Crippen LogP contribution is 2.09. The zero-order chi connectivity index (χ0) is 6.69. The average Bonchev–Trinajstić information content (AvgIpc) is 2.17. The lowest BCUT2D eigenvalue weighted by Gasteiger charge is -1.88. The SMILES string of the molecule is CNCc1ncc(C)s1. The molecule has 3 heteroatoms. The number of aromatic nitrogens is 1. The van der Waals surface area contributed by atoms with E-state index in [4.69, 9.17) is 0 Å². The summed E-state index contributed by atoms with van der Waals surface area (Å²) in [6.45, 7) is 2.95. The molecular formula is C6H10N2S. The summed E-state index contributed by atoms with van der Waals surface area (Å²) in [6, 6.07) is 0. The van der Waals surface area contributed by atoms with Gasteiger partial charge in [-0.3, -0.25) is 0 Å². The molecule has 1 aromatic rings. The van der Waals surface area contributed by atoms with Crippen molar-refractivity contribution in [1.29, 1.82) is 0 Å². The second-order valence-electron chi connectivity index (χ2n) is 1.89. The smallest absolute Gasteiger partial charge is 0.107 e. The molecule has 0 aliphatic heterocycles. The van der Waals surface area contributed by atoms with Crippen LogP contribution in [-0.2, 0) is 6.54 Å². The van der Waals surface area contributed by atoms with Crippen molar-refractivity contribution in [3.05, 3.63) is 16.1 Å². The van der Waals surface area contributed by atoms with Crippen LogP contribution in [0.15, 0.2) is 6.20 Å². The van der Waals surface area contributed by atoms with E-state index in [1.807, 2.05) is 13.2 Å². The molecule has 0 atom stereocenters. The highest BCUT2D eigenvalue weighted by molar-refractivity contribution is 7.11. The molecule has 0 fully saturated rings. The second-order valence-corrected chi connectivity index (χ2v) is 3.21. The van der Waals surface area contributed by atoms with Gasteiger partial charge in [0.15, 0.2) is 0 Å². The van der Waals surface area contributed by atoms with Crippen LogP contribution >= 0.6 is 11.3 Å². The zero-order valence-electron chi connectivity index (χ0n) is 5.64. The molecule has 1 N–H and O–H groups in total. The van der Waals surface area contributed by atoms with Gasteiger partial charge in [0.05, 0.1) is 0 Å². The predicted octanol–water partition coefficient (Wildman–Crippen LogP) is 1.17. The van der Waals surface area contributed by atoms with Crippen LogP contribution in [0.1, 0.15) is 9.88 Å². The third-order valence-corrected chi connectivity index (χ3v) is 1.91. The van der Waals surface area contributed by atoms with E-state index in [0.29, 0.717) is 0 Å². The quantitative estimate of drug-likeness (QED) is 0.670. The van der Waals surface area contributed by atoms with E-state index in [2.05, 4.69) is 17.2 Å². The summed E-state index contributed by atoms with van der Waals surface area (Å²) >= 11 is 1.74. The molecule has 0 amide bonds. The molecule has 2 nitrogen and oxygen atoms in total. The van der Waals surface area contributed by atoms with Gasteiger partial charge in [-0.15, -0.1) is 11.3 Å². The molecule has 0 unspecified atom stereocenters. The van der Waals surface area contributed by atoms with E-state index in [0.717, 1.165) is 11.6 Å². The van der Waals surface area contributed by atoms with Crippen molar-refractivity contribution in [3.63, 3.8) is 0 Å². The number of rotatable bonds is 2. The Bertz CT molecular complexity index is 183. The van der Waals surface area contributed by atoms with Gasteiger partial charge in [0.2, 0.25) is 0 Å². The molecule has 1 aromatic heterocycles. The average molecular weight is 142 g/mol. The molecular weight excluding hydrogens is 132 g/mol. The molecule has 50 valence electrons. The summed E-state index contributed by atoms with van der Waals surface area (Å²) in [5.74, 6) is 0. The van der Waals surface area contributed by atoms with Crippen LogP contribution in [0.3, 0.4) is 0 Å². The van der Waals surface area contributed by atoms with Gasteiger partial charge < -0.3 is 5.32 Å². The number of hydrogen-bond acceptors (Lipinski definition) is 3. The fourth-order valence-corrected chi connectivity index (χ4v) is 1.43. The number of hydrogen-bond donors (Lipinski definition) is 1. The Labute approximate surface area is 58.9 Å². The zero-order valence-corrected chi connectivity index (χ0v) is 6.46. The van der Waals surface area contributed by atoms with Crippen molar-refractivity contribution >= 4 is 11.3 Å². The minimum atomic E-state index is 0.887. The van der Waals surface area contributed by atoms with Gasteiger partial charge in [-0.1, -0.05) is 0 Å². The van der Waals surface area contributed by atoms with Crippen LogP contribution < -0.4 is 5.32 Å². The summed E-state index contributed by atoms with van der Waals surface area (Å²) in [7, 11) is 1.93. The third-order valence-electron chi connectivity index (χ3n) is 0.997. The number of thiazole rings is 1. The third kappa shape index (κ3) is 1.77. The maximum Gasteiger partial charge on any atom is 0.107 e. The van der Waals surface area contributed by atoms with Gasteiger partial charge in [0.1, 0.15) is 5.01 Å².